The molecule has 0 atom stereocenters. The summed E-state index contributed by atoms with van der Waals surface area (Å²) in [5, 5.41) is 12.2. The van der Waals surface area contributed by atoms with E-state index in [-0.39, 0.29) is 18.0 Å². The first-order chi connectivity index (χ1) is 10.0. The maximum atomic E-state index is 13.9. The molecule has 0 spiro atoms. The SMILES string of the molecule is N/C(=N\O)c1ccc(COc2cc(Cl)ccc2Cl)c(F)c1. The van der Waals surface area contributed by atoms with Crippen LogP contribution in [0.3, 0.4) is 0 Å². The predicted molar refractivity (Wildman–Crippen MR) is 79.7 cm³/mol. The third kappa shape index (κ3) is 3.77. The third-order valence-electron chi connectivity index (χ3n) is 2.73. The minimum atomic E-state index is -0.530. The van der Waals surface area contributed by atoms with E-state index in [0.717, 1.165) is 6.07 Å². The fourth-order valence-corrected chi connectivity index (χ4v) is 1.96. The van der Waals surface area contributed by atoms with Crippen LogP contribution in [0.1, 0.15) is 11.1 Å². The number of halogens is 3. The molecule has 2 aromatic carbocycles. The molecule has 2 aromatic rings. The van der Waals surface area contributed by atoms with Crippen LogP contribution in [-0.4, -0.2) is 11.0 Å². The number of amidine groups is 1. The molecule has 7 heteroatoms. The fraction of sp³-hybridized carbons (Fsp3) is 0.0714. The molecule has 0 aliphatic carbocycles. The van der Waals surface area contributed by atoms with Gasteiger partial charge in [-0.25, -0.2) is 4.39 Å². The summed E-state index contributed by atoms with van der Waals surface area (Å²) in [4.78, 5) is 0. The Kier molecular flexibility index (Phi) is 4.88. The average molecular weight is 329 g/mol. The molecule has 0 radical (unpaired) electrons. The van der Waals surface area contributed by atoms with E-state index in [4.69, 9.17) is 38.9 Å². The molecule has 0 saturated carbocycles. The Morgan fingerprint density at radius 2 is 2.00 bits per heavy atom. The lowest BCUT2D eigenvalue weighted by Gasteiger charge is -2.10. The van der Waals surface area contributed by atoms with E-state index in [2.05, 4.69) is 5.16 Å². The lowest BCUT2D eigenvalue weighted by molar-refractivity contribution is 0.300. The van der Waals surface area contributed by atoms with Crippen LogP contribution in [0.15, 0.2) is 41.6 Å². The van der Waals surface area contributed by atoms with Crippen molar-refractivity contribution in [1.82, 2.24) is 0 Å². The van der Waals surface area contributed by atoms with Gasteiger partial charge in [0.2, 0.25) is 0 Å². The second-order valence-electron chi connectivity index (χ2n) is 4.15. The minimum absolute atomic E-state index is 0.0254. The monoisotopic (exact) mass is 328 g/mol. The number of hydrogen-bond acceptors (Lipinski definition) is 3. The Morgan fingerprint density at radius 3 is 2.67 bits per heavy atom. The molecule has 0 bridgehead atoms. The molecule has 0 heterocycles. The van der Waals surface area contributed by atoms with Crippen molar-refractivity contribution >= 4 is 29.0 Å². The van der Waals surface area contributed by atoms with Gasteiger partial charge in [0.25, 0.3) is 0 Å². The molecule has 21 heavy (non-hydrogen) atoms. The van der Waals surface area contributed by atoms with Crippen molar-refractivity contribution in [3.05, 3.63) is 63.4 Å². The molecule has 2 rings (SSSR count). The van der Waals surface area contributed by atoms with Crippen molar-refractivity contribution in [3.8, 4) is 5.75 Å². The van der Waals surface area contributed by atoms with E-state index in [1.165, 1.54) is 12.1 Å². The molecular weight excluding hydrogens is 318 g/mol. The van der Waals surface area contributed by atoms with Crippen LogP contribution in [0.5, 0.6) is 5.75 Å². The highest BCUT2D eigenvalue weighted by molar-refractivity contribution is 6.34. The summed E-state index contributed by atoms with van der Waals surface area (Å²) in [6.45, 7) is -0.0254. The van der Waals surface area contributed by atoms with Crippen LogP contribution in [0.25, 0.3) is 0 Å². The summed E-state index contributed by atoms with van der Waals surface area (Å²) in [7, 11) is 0. The van der Waals surface area contributed by atoms with Crippen LogP contribution in [0, 0.1) is 5.82 Å². The van der Waals surface area contributed by atoms with Gasteiger partial charge in [-0.1, -0.05) is 40.5 Å². The Hall–Kier alpha value is -1.98. The number of nitrogens with two attached hydrogens (primary N) is 1. The van der Waals surface area contributed by atoms with Gasteiger partial charge < -0.3 is 15.7 Å². The zero-order valence-electron chi connectivity index (χ0n) is 10.7. The largest absolute Gasteiger partial charge is 0.487 e. The predicted octanol–water partition coefficient (Wildman–Crippen LogP) is 3.81. The van der Waals surface area contributed by atoms with Crippen LogP contribution in [0.2, 0.25) is 10.0 Å². The molecule has 110 valence electrons. The van der Waals surface area contributed by atoms with Crippen molar-refractivity contribution in [2.45, 2.75) is 6.61 Å². The second kappa shape index (κ2) is 6.65. The van der Waals surface area contributed by atoms with Gasteiger partial charge in [0.15, 0.2) is 5.84 Å². The number of nitrogens with zero attached hydrogens (tertiary/aromatic N) is 1. The number of ether oxygens (including phenoxy) is 1. The van der Waals surface area contributed by atoms with Gasteiger partial charge in [-0.2, -0.15) is 0 Å². The Bertz CT molecular complexity index is 693. The summed E-state index contributed by atoms with van der Waals surface area (Å²) >= 11 is 11.8. The molecule has 0 aliphatic heterocycles. The highest BCUT2D eigenvalue weighted by Gasteiger charge is 2.09. The zero-order chi connectivity index (χ0) is 15.4. The first-order valence-electron chi connectivity index (χ1n) is 5.85. The normalized spacial score (nSPS) is 11.5. The quantitative estimate of drug-likeness (QED) is 0.388. The molecule has 0 saturated heterocycles. The van der Waals surface area contributed by atoms with E-state index >= 15 is 0 Å². The molecule has 3 N–H and O–H groups in total. The summed E-state index contributed by atoms with van der Waals surface area (Å²) in [6.07, 6.45) is 0. The van der Waals surface area contributed by atoms with Crippen LogP contribution in [0.4, 0.5) is 4.39 Å². The molecule has 0 fully saturated rings. The van der Waals surface area contributed by atoms with Gasteiger partial charge in [0.1, 0.15) is 18.2 Å². The van der Waals surface area contributed by atoms with E-state index in [9.17, 15) is 4.39 Å². The topological polar surface area (TPSA) is 67.8 Å². The van der Waals surface area contributed by atoms with Gasteiger partial charge in [0, 0.05) is 22.2 Å². The van der Waals surface area contributed by atoms with E-state index in [1.54, 1.807) is 18.2 Å². The summed E-state index contributed by atoms with van der Waals surface area (Å²) in [5.41, 5.74) is 5.97. The molecule has 0 aliphatic rings. The van der Waals surface area contributed by atoms with Crippen LogP contribution < -0.4 is 10.5 Å². The van der Waals surface area contributed by atoms with E-state index < -0.39 is 5.82 Å². The van der Waals surface area contributed by atoms with Gasteiger partial charge in [0.05, 0.1) is 5.02 Å². The molecule has 0 unspecified atom stereocenters. The van der Waals surface area contributed by atoms with Gasteiger partial charge in [-0.15, -0.1) is 0 Å². The summed E-state index contributed by atoms with van der Waals surface area (Å²) in [6, 6.07) is 8.94. The van der Waals surface area contributed by atoms with E-state index in [1.807, 2.05) is 0 Å². The maximum Gasteiger partial charge on any atom is 0.170 e. The first-order valence-corrected chi connectivity index (χ1v) is 6.61. The highest BCUT2D eigenvalue weighted by atomic mass is 35.5. The Labute approximate surface area is 130 Å². The molecule has 0 amide bonds. The Morgan fingerprint density at radius 1 is 1.24 bits per heavy atom. The molecule has 4 nitrogen and oxygen atoms in total. The van der Waals surface area contributed by atoms with E-state index in [0.29, 0.717) is 21.4 Å². The lowest BCUT2D eigenvalue weighted by atomic mass is 10.1. The second-order valence-corrected chi connectivity index (χ2v) is 5.00. The third-order valence-corrected chi connectivity index (χ3v) is 3.28. The van der Waals surface area contributed by atoms with Crippen molar-refractivity contribution in [2.24, 2.45) is 10.9 Å². The van der Waals surface area contributed by atoms with Crippen molar-refractivity contribution in [3.63, 3.8) is 0 Å². The highest BCUT2D eigenvalue weighted by Crippen LogP contribution is 2.28. The fourth-order valence-electron chi connectivity index (χ4n) is 1.62. The minimum Gasteiger partial charge on any atom is -0.487 e. The molecule has 0 aromatic heterocycles. The van der Waals surface area contributed by atoms with Gasteiger partial charge in [-0.05, 0) is 18.2 Å². The smallest absolute Gasteiger partial charge is 0.170 e. The van der Waals surface area contributed by atoms with Crippen LogP contribution in [-0.2, 0) is 6.61 Å². The number of rotatable bonds is 4. The zero-order valence-corrected chi connectivity index (χ0v) is 12.2. The number of hydrogen-bond donors (Lipinski definition) is 2. The summed E-state index contributed by atoms with van der Waals surface area (Å²) < 4.78 is 19.3. The summed E-state index contributed by atoms with van der Waals surface area (Å²) in [5.74, 6) is -0.333. The standard InChI is InChI=1S/C14H11Cl2FN2O2/c15-10-3-4-11(16)13(6-10)21-7-9-2-1-8(5-12(9)17)14(18)19-20/h1-6,20H,7H2,(H2,18,19). The number of benzene rings is 2. The van der Waals surface area contributed by atoms with Crippen molar-refractivity contribution in [1.29, 1.82) is 0 Å². The van der Waals surface area contributed by atoms with Gasteiger partial charge >= 0.3 is 0 Å². The molecular formula is C14H11Cl2FN2O2. The average Bonchev–Trinajstić information content (AvgIpc) is 2.48. The van der Waals surface area contributed by atoms with Crippen molar-refractivity contribution in [2.75, 3.05) is 0 Å². The number of oxime groups is 1. The van der Waals surface area contributed by atoms with Crippen molar-refractivity contribution < 1.29 is 14.3 Å². The Balaban J connectivity index is 2.15. The lowest BCUT2D eigenvalue weighted by Crippen LogP contribution is -2.13. The maximum absolute atomic E-state index is 13.9. The van der Waals surface area contributed by atoms with Crippen LogP contribution >= 0.6 is 23.2 Å². The first kappa shape index (κ1) is 15.4. The van der Waals surface area contributed by atoms with Gasteiger partial charge in [-0.3, -0.25) is 0 Å².